The molecular weight excluding hydrogens is 412 g/mol. The molecule has 148 valence electrons. The van der Waals surface area contributed by atoms with E-state index in [1.165, 1.54) is 38.5 Å². The van der Waals surface area contributed by atoms with Crippen LogP contribution in [-0.4, -0.2) is 21.5 Å². The van der Waals surface area contributed by atoms with E-state index in [1.54, 1.807) is 6.20 Å². The number of hydrogen-bond acceptors (Lipinski definition) is 8. The van der Waals surface area contributed by atoms with Crippen LogP contribution in [0.5, 0.6) is 0 Å². The van der Waals surface area contributed by atoms with Gasteiger partial charge in [0.2, 0.25) is 0 Å². The van der Waals surface area contributed by atoms with E-state index < -0.39 is 0 Å². The van der Waals surface area contributed by atoms with Crippen molar-refractivity contribution in [3.63, 3.8) is 0 Å². The number of rotatable bonds is 2. The lowest BCUT2D eigenvalue weighted by Gasteiger charge is -2.29. The lowest BCUT2D eigenvalue weighted by atomic mass is 10.0. The lowest BCUT2D eigenvalue weighted by molar-refractivity contribution is 0.734. The second-order valence-corrected chi connectivity index (χ2v) is 9.90. The Morgan fingerprint density at radius 2 is 2.03 bits per heavy atom. The maximum atomic E-state index is 9.47. The summed E-state index contributed by atoms with van der Waals surface area (Å²) < 4.78 is 0. The minimum atomic E-state index is 0.629. The van der Waals surface area contributed by atoms with Crippen LogP contribution < -0.4 is 10.6 Å². The molecular formula is C22H18N6S2. The molecule has 4 aromatic heterocycles. The Bertz CT molecular complexity index is 1330. The summed E-state index contributed by atoms with van der Waals surface area (Å²) in [5, 5.41) is 11.3. The summed E-state index contributed by atoms with van der Waals surface area (Å²) in [6.45, 7) is 1.55. The summed E-state index contributed by atoms with van der Waals surface area (Å²) in [6, 6.07) is 6.21. The van der Waals surface area contributed by atoms with Crippen LogP contribution in [0.1, 0.15) is 32.9 Å². The van der Waals surface area contributed by atoms with Gasteiger partial charge in [-0.15, -0.1) is 22.7 Å². The average Bonchev–Trinajstić information content (AvgIpc) is 3.44. The van der Waals surface area contributed by atoms with Crippen molar-refractivity contribution in [3.05, 3.63) is 51.0 Å². The highest BCUT2D eigenvalue weighted by Crippen LogP contribution is 2.43. The van der Waals surface area contributed by atoms with Crippen LogP contribution in [0.3, 0.4) is 0 Å². The minimum Gasteiger partial charge on any atom is -0.389 e. The molecule has 0 fully saturated rings. The van der Waals surface area contributed by atoms with Crippen molar-refractivity contribution < 1.29 is 0 Å². The molecule has 0 aromatic carbocycles. The number of nitrogen functional groups attached to an aromatic ring is 1. The maximum absolute atomic E-state index is 9.47. The van der Waals surface area contributed by atoms with E-state index in [-0.39, 0.29) is 0 Å². The van der Waals surface area contributed by atoms with E-state index in [1.807, 2.05) is 29.7 Å². The Morgan fingerprint density at radius 1 is 1.10 bits per heavy atom. The Hall–Kier alpha value is -3.02. The molecule has 4 aromatic rings. The fourth-order valence-electron chi connectivity index (χ4n) is 4.56. The van der Waals surface area contributed by atoms with Gasteiger partial charge in [-0.1, -0.05) is 0 Å². The summed E-state index contributed by atoms with van der Waals surface area (Å²) in [7, 11) is 0. The van der Waals surface area contributed by atoms with E-state index in [0.29, 0.717) is 10.6 Å². The molecule has 1 aliphatic carbocycles. The third-order valence-electron chi connectivity index (χ3n) is 5.96. The molecule has 6 rings (SSSR count). The van der Waals surface area contributed by atoms with Crippen LogP contribution in [0.15, 0.2) is 24.5 Å². The van der Waals surface area contributed by atoms with Crippen molar-refractivity contribution in [3.8, 4) is 17.5 Å². The summed E-state index contributed by atoms with van der Waals surface area (Å²) in [6.07, 6.45) is 7.84. The molecule has 6 nitrogen and oxygen atoms in total. The number of aromatic nitrogens is 3. The van der Waals surface area contributed by atoms with Gasteiger partial charge in [0.15, 0.2) is 5.82 Å². The van der Waals surface area contributed by atoms with Crippen LogP contribution in [0.2, 0.25) is 0 Å². The molecule has 5 heterocycles. The highest BCUT2D eigenvalue weighted by atomic mass is 32.1. The fraction of sp³-hybridized carbons (Fsp3) is 0.273. The number of hydrogen-bond donors (Lipinski definition) is 1. The van der Waals surface area contributed by atoms with Crippen molar-refractivity contribution in [2.75, 3.05) is 17.2 Å². The van der Waals surface area contributed by atoms with Gasteiger partial charge in [0.1, 0.15) is 21.7 Å². The van der Waals surface area contributed by atoms with Crippen molar-refractivity contribution in [1.29, 1.82) is 5.26 Å². The molecule has 8 heteroatoms. The standard InChI is InChI=1S/C22H18N6S2/c23-9-15-13-6-8-28(11-17(13)29-19(15)24)21-18-14-4-1-5-16(14)30-22(18)27-20(26-21)12-3-2-7-25-10-12/h2-3,7,10H,1,4-6,8,11,24H2. The molecule has 0 saturated heterocycles. The van der Waals surface area contributed by atoms with Crippen molar-refractivity contribution in [1.82, 2.24) is 15.0 Å². The highest BCUT2D eigenvalue weighted by Gasteiger charge is 2.29. The Morgan fingerprint density at radius 3 is 2.87 bits per heavy atom. The Balaban J connectivity index is 1.52. The zero-order chi connectivity index (χ0) is 20.2. The Labute approximate surface area is 181 Å². The van der Waals surface area contributed by atoms with Gasteiger partial charge in [0.05, 0.1) is 17.5 Å². The first-order chi connectivity index (χ1) is 14.7. The molecule has 2 aliphatic rings. The number of nitrogens with zero attached hydrogens (tertiary/aromatic N) is 5. The molecule has 0 saturated carbocycles. The summed E-state index contributed by atoms with van der Waals surface area (Å²) in [4.78, 5) is 20.3. The van der Waals surface area contributed by atoms with E-state index >= 15 is 0 Å². The zero-order valence-corrected chi connectivity index (χ0v) is 17.8. The SMILES string of the molecule is N#Cc1c(N)sc2c1CCN(c1nc(-c3cccnc3)nc3sc4c(c13)CCC4)C2. The van der Waals surface area contributed by atoms with E-state index in [4.69, 9.17) is 15.7 Å². The van der Waals surface area contributed by atoms with Crippen molar-refractivity contribution >= 4 is 43.7 Å². The largest absolute Gasteiger partial charge is 0.389 e. The van der Waals surface area contributed by atoms with Gasteiger partial charge in [-0.3, -0.25) is 4.98 Å². The zero-order valence-electron chi connectivity index (χ0n) is 16.2. The number of fused-ring (bicyclic) bond motifs is 4. The van der Waals surface area contributed by atoms with Crippen LogP contribution in [-0.2, 0) is 25.8 Å². The molecule has 0 atom stereocenters. The topological polar surface area (TPSA) is 91.7 Å². The molecule has 0 amide bonds. The van der Waals surface area contributed by atoms with Gasteiger partial charge in [-0.25, -0.2) is 9.97 Å². The van der Waals surface area contributed by atoms with Gasteiger partial charge in [0.25, 0.3) is 0 Å². The summed E-state index contributed by atoms with van der Waals surface area (Å²) in [5.41, 5.74) is 10.2. The third kappa shape index (κ3) is 2.62. The number of pyridine rings is 1. The van der Waals surface area contributed by atoms with Crippen LogP contribution >= 0.6 is 22.7 Å². The van der Waals surface area contributed by atoms with Crippen LogP contribution in [0, 0.1) is 11.3 Å². The number of nitriles is 1. The maximum Gasteiger partial charge on any atom is 0.164 e. The molecule has 0 radical (unpaired) electrons. The average molecular weight is 431 g/mol. The van der Waals surface area contributed by atoms with E-state index in [9.17, 15) is 5.26 Å². The summed E-state index contributed by atoms with van der Waals surface area (Å²) in [5.74, 6) is 1.73. The van der Waals surface area contributed by atoms with Crippen LogP contribution in [0.4, 0.5) is 10.8 Å². The predicted octanol–water partition coefficient (Wildman–Crippen LogP) is 4.32. The Kier molecular flexibility index (Phi) is 4.01. The van der Waals surface area contributed by atoms with Gasteiger partial charge in [-0.2, -0.15) is 5.26 Å². The van der Waals surface area contributed by atoms with Crippen molar-refractivity contribution in [2.45, 2.75) is 32.2 Å². The molecule has 0 spiro atoms. The first-order valence-corrected chi connectivity index (χ1v) is 11.6. The van der Waals surface area contributed by atoms with E-state index in [0.717, 1.165) is 60.0 Å². The molecule has 1 aliphatic heterocycles. The van der Waals surface area contributed by atoms with E-state index in [2.05, 4.69) is 16.0 Å². The van der Waals surface area contributed by atoms with Gasteiger partial charge < -0.3 is 10.6 Å². The molecule has 30 heavy (non-hydrogen) atoms. The fourth-order valence-corrected chi connectivity index (χ4v) is 6.90. The normalized spacial score (nSPS) is 15.2. The van der Waals surface area contributed by atoms with Gasteiger partial charge in [-0.05, 0) is 48.9 Å². The van der Waals surface area contributed by atoms with Crippen LogP contribution in [0.25, 0.3) is 21.6 Å². The number of nitrogens with two attached hydrogens (primary N) is 1. The smallest absolute Gasteiger partial charge is 0.164 e. The molecule has 0 unspecified atom stereocenters. The number of aryl methyl sites for hydroxylation is 2. The lowest BCUT2D eigenvalue weighted by Crippen LogP contribution is -2.30. The van der Waals surface area contributed by atoms with Gasteiger partial charge in [0, 0.05) is 34.3 Å². The number of thiophene rings is 2. The second-order valence-electron chi connectivity index (χ2n) is 7.68. The first-order valence-electron chi connectivity index (χ1n) is 10.0. The number of anilines is 2. The summed E-state index contributed by atoms with van der Waals surface area (Å²) >= 11 is 3.35. The minimum absolute atomic E-state index is 0.629. The van der Waals surface area contributed by atoms with Crippen molar-refractivity contribution in [2.24, 2.45) is 0 Å². The highest BCUT2D eigenvalue weighted by molar-refractivity contribution is 7.19. The quantitative estimate of drug-likeness (QED) is 0.509. The first kappa shape index (κ1) is 17.8. The third-order valence-corrected chi connectivity index (χ3v) is 8.19. The molecule has 0 bridgehead atoms. The molecule has 2 N–H and O–H groups in total. The monoisotopic (exact) mass is 430 g/mol. The predicted molar refractivity (Wildman–Crippen MR) is 121 cm³/mol. The van der Waals surface area contributed by atoms with Gasteiger partial charge >= 0.3 is 0 Å². The second kappa shape index (κ2) is 6.76.